The normalized spacial score (nSPS) is 30.6. The number of anilines is 1. The van der Waals surface area contributed by atoms with E-state index >= 15 is 0 Å². The highest BCUT2D eigenvalue weighted by atomic mass is 16.5. The van der Waals surface area contributed by atoms with E-state index in [4.69, 9.17) is 19.9 Å². The van der Waals surface area contributed by atoms with Crippen molar-refractivity contribution in [2.24, 2.45) is 46.2 Å². The van der Waals surface area contributed by atoms with Crippen molar-refractivity contribution in [1.29, 1.82) is 0 Å². The maximum atomic E-state index is 13.4. The lowest BCUT2D eigenvalue weighted by Gasteiger charge is -2.63. The van der Waals surface area contributed by atoms with Crippen molar-refractivity contribution < 1.29 is 48.7 Å². The molecular weight excluding hydrogens is 767 g/mol. The largest absolute Gasteiger partial charge is 0.505 e. The van der Waals surface area contributed by atoms with Gasteiger partial charge in [0.15, 0.2) is 5.75 Å². The zero-order valence-corrected chi connectivity index (χ0v) is 37.0. The van der Waals surface area contributed by atoms with Gasteiger partial charge in [-0.25, -0.2) is 0 Å². The summed E-state index contributed by atoms with van der Waals surface area (Å²) in [5.41, 5.74) is 5.43. The maximum absolute atomic E-state index is 13.4. The smallest absolute Gasteiger partial charge is 0.306 e. The van der Waals surface area contributed by atoms with E-state index in [-0.39, 0.29) is 103 Å². The predicted octanol–water partition coefficient (Wildman–Crippen LogP) is 6.57. The highest BCUT2D eigenvalue weighted by Crippen LogP contribution is 2.69. The van der Waals surface area contributed by atoms with Crippen LogP contribution >= 0.6 is 0 Å². The topological polar surface area (TPSA) is 207 Å². The highest BCUT2D eigenvalue weighted by molar-refractivity contribution is 6.01. The third kappa shape index (κ3) is 11.2. The number of hydrogen-bond acceptors (Lipinski definition) is 10. The summed E-state index contributed by atoms with van der Waals surface area (Å²) >= 11 is 0. The number of phenols is 1. The van der Waals surface area contributed by atoms with E-state index in [0.717, 1.165) is 70.6 Å². The average molecular weight is 842 g/mol. The Hall–Kier alpha value is -3.26. The van der Waals surface area contributed by atoms with Crippen LogP contribution in [0.15, 0.2) is 12.1 Å². The minimum Gasteiger partial charge on any atom is -0.505 e. The molecule has 1 aromatic carbocycles. The molecule has 10 atom stereocenters. The van der Waals surface area contributed by atoms with E-state index in [0.29, 0.717) is 36.2 Å². The number of hydrogen-bond donors (Lipinski definition) is 6. The van der Waals surface area contributed by atoms with E-state index in [1.807, 2.05) is 6.92 Å². The first-order chi connectivity index (χ1) is 28.5. The molecule has 338 valence electrons. The van der Waals surface area contributed by atoms with Gasteiger partial charge in [0, 0.05) is 18.9 Å². The lowest BCUT2D eigenvalue weighted by molar-refractivity contribution is -0.197. The third-order valence-electron chi connectivity index (χ3n) is 15.2. The molecule has 0 saturated heterocycles. The molecule has 1 aromatic rings. The first kappa shape index (κ1) is 47.8. The first-order valence-corrected chi connectivity index (χ1v) is 23.0. The molecule has 3 amide bonds. The SMILES string of the molecule is CCCCCC[C@](C)(O)[C@H]1CC[C@H]2[C@@H]3C[C@H](OC(=O)CCC(=O)NCCOCCOCC(=O)Nc4ccc(CCC)c(C(N)=O)c4O)[C@H]4C[C@@H](O)CC[C@]4(C)[C@H]3CC[C@@]21C. The lowest BCUT2D eigenvalue weighted by atomic mass is 9.43. The number of carbonyl (C=O) groups is 4. The van der Waals surface area contributed by atoms with E-state index in [1.54, 1.807) is 6.07 Å². The molecule has 7 N–H and O–H groups in total. The fourth-order valence-corrected chi connectivity index (χ4v) is 12.3. The van der Waals surface area contributed by atoms with Crippen molar-refractivity contribution in [1.82, 2.24) is 5.32 Å². The molecule has 5 rings (SSSR count). The van der Waals surface area contributed by atoms with Crippen LogP contribution in [0.25, 0.3) is 0 Å². The van der Waals surface area contributed by atoms with Crippen LogP contribution in [0.3, 0.4) is 0 Å². The van der Waals surface area contributed by atoms with E-state index in [9.17, 15) is 34.5 Å². The van der Waals surface area contributed by atoms with E-state index in [2.05, 4.69) is 38.3 Å². The number of unbranched alkanes of at least 4 members (excludes halogenated alkanes) is 3. The van der Waals surface area contributed by atoms with Gasteiger partial charge in [0.05, 0.1) is 49.2 Å². The number of ether oxygens (including phenoxy) is 3. The standard InChI is InChI=1S/C47H75N3O10/c1-6-8-9-10-20-47(5,57)38-15-13-33-32-28-37(35-27-31(51)18-21-45(35,3)34(32)19-22-46(33,38)4)60-41(54)17-16-39(52)49-23-24-58-25-26-59-29-40(53)50-36-14-12-30(11-7-2)42(43(36)55)44(48)56/h12,14,31-35,37-38,51,55,57H,6-11,13,15-29H2,1-5H3,(H2,48,56)(H,49,52)(H,50,53)/t31-,32-,33-,34-,35+,37-,38-,45+,46-,47-/m0/s1. The molecule has 0 spiro atoms. The van der Waals surface area contributed by atoms with Crippen LogP contribution < -0.4 is 16.4 Å². The van der Waals surface area contributed by atoms with Crippen LogP contribution in [0, 0.1) is 40.4 Å². The van der Waals surface area contributed by atoms with Gasteiger partial charge in [-0.3, -0.25) is 19.2 Å². The zero-order valence-electron chi connectivity index (χ0n) is 37.0. The summed E-state index contributed by atoms with van der Waals surface area (Å²) in [6.07, 6.45) is 13.5. The molecule has 4 aliphatic carbocycles. The minimum atomic E-state index is -0.773. The minimum absolute atomic E-state index is 0.00603. The quantitative estimate of drug-likeness (QED) is 0.0420. The maximum Gasteiger partial charge on any atom is 0.306 e. The molecule has 4 fully saturated rings. The number of benzene rings is 1. The third-order valence-corrected chi connectivity index (χ3v) is 15.2. The second-order valence-electron chi connectivity index (χ2n) is 19.2. The number of fused-ring (bicyclic) bond motifs is 5. The van der Waals surface area contributed by atoms with Crippen LogP contribution in [0.4, 0.5) is 5.69 Å². The predicted molar refractivity (Wildman–Crippen MR) is 229 cm³/mol. The van der Waals surface area contributed by atoms with Gasteiger partial charge >= 0.3 is 5.97 Å². The fraction of sp³-hybridized carbons (Fsp3) is 0.787. The van der Waals surface area contributed by atoms with Gasteiger partial charge < -0.3 is 45.9 Å². The Labute approximate surface area is 357 Å². The number of aliphatic hydroxyl groups is 2. The molecule has 4 saturated carbocycles. The number of rotatable bonds is 22. The van der Waals surface area contributed by atoms with E-state index < -0.39 is 23.5 Å². The van der Waals surface area contributed by atoms with Crippen LogP contribution in [0.1, 0.15) is 153 Å². The second-order valence-corrected chi connectivity index (χ2v) is 19.2. The molecule has 13 nitrogen and oxygen atoms in total. The summed E-state index contributed by atoms with van der Waals surface area (Å²) in [5, 5.41) is 38.5. The Balaban J connectivity index is 1.03. The monoisotopic (exact) mass is 842 g/mol. The summed E-state index contributed by atoms with van der Waals surface area (Å²) in [4.78, 5) is 50.3. The molecule has 60 heavy (non-hydrogen) atoms. The van der Waals surface area contributed by atoms with Gasteiger partial charge in [-0.15, -0.1) is 0 Å². The second kappa shape index (κ2) is 21.2. The molecule has 0 aromatic heterocycles. The number of aryl methyl sites for hydroxylation is 1. The average Bonchev–Trinajstić information content (AvgIpc) is 3.57. The number of primary amides is 1. The number of aliphatic hydroxyl groups excluding tert-OH is 1. The molecule has 4 aliphatic rings. The first-order valence-electron chi connectivity index (χ1n) is 23.0. The summed E-state index contributed by atoms with van der Waals surface area (Å²) in [7, 11) is 0. The Bertz CT molecular complexity index is 1640. The molecule has 13 heteroatoms. The number of nitrogens with one attached hydrogen (secondary N) is 2. The van der Waals surface area contributed by atoms with Gasteiger partial charge in [0.2, 0.25) is 11.8 Å². The Morgan fingerprint density at radius 2 is 1.60 bits per heavy atom. The van der Waals surface area contributed by atoms with Crippen molar-refractivity contribution in [2.75, 3.05) is 38.3 Å². The van der Waals surface area contributed by atoms with Gasteiger partial charge in [-0.1, -0.05) is 65.9 Å². The summed E-state index contributed by atoms with van der Waals surface area (Å²) in [6.45, 7) is 11.5. The van der Waals surface area contributed by atoms with Crippen molar-refractivity contribution in [2.45, 2.75) is 162 Å². The number of amides is 3. The van der Waals surface area contributed by atoms with Crippen LogP contribution in [-0.2, 0) is 35.0 Å². The molecule has 0 aliphatic heterocycles. The van der Waals surface area contributed by atoms with Crippen LogP contribution in [0.5, 0.6) is 5.75 Å². The van der Waals surface area contributed by atoms with Crippen LogP contribution in [-0.4, -0.2) is 89.8 Å². The summed E-state index contributed by atoms with van der Waals surface area (Å²) in [5.74, 6) is -0.644. The number of nitrogens with two attached hydrogens (primary N) is 1. The molecular formula is C47H75N3O10. The summed E-state index contributed by atoms with van der Waals surface area (Å²) in [6, 6.07) is 3.17. The zero-order chi connectivity index (χ0) is 43.7. The van der Waals surface area contributed by atoms with Gasteiger partial charge in [-0.05, 0) is 117 Å². The molecule has 0 unspecified atom stereocenters. The Morgan fingerprint density at radius 1 is 0.867 bits per heavy atom. The fourth-order valence-electron chi connectivity index (χ4n) is 12.3. The van der Waals surface area contributed by atoms with Crippen LogP contribution in [0.2, 0.25) is 0 Å². The van der Waals surface area contributed by atoms with Gasteiger partial charge in [-0.2, -0.15) is 0 Å². The Kier molecular flexibility index (Phi) is 16.9. The van der Waals surface area contributed by atoms with Crippen molar-refractivity contribution >= 4 is 29.4 Å². The van der Waals surface area contributed by atoms with Crippen molar-refractivity contribution in [3.63, 3.8) is 0 Å². The molecule has 0 heterocycles. The van der Waals surface area contributed by atoms with E-state index in [1.165, 1.54) is 18.9 Å². The van der Waals surface area contributed by atoms with Crippen molar-refractivity contribution in [3.05, 3.63) is 23.3 Å². The number of carbonyl (C=O) groups excluding carboxylic acids is 4. The Morgan fingerprint density at radius 3 is 2.33 bits per heavy atom. The number of aromatic hydroxyl groups is 1. The molecule has 0 radical (unpaired) electrons. The van der Waals surface area contributed by atoms with Crippen molar-refractivity contribution in [3.8, 4) is 5.75 Å². The highest BCUT2D eigenvalue weighted by Gasteiger charge is 2.64. The van der Waals surface area contributed by atoms with Gasteiger partial charge in [0.25, 0.3) is 5.91 Å². The molecule has 0 bridgehead atoms. The lowest BCUT2D eigenvalue weighted by Crippen LogP contribution is -2.59. The van der Waals surface area contributed by atoms with Gasteiger partial charge in [0.1, 0.15) is 12.7 Å². The summed E-state index contributed by atoms with van der Waals surface area (Å²) < 4.78 is 17.2. The number of esters is 1.